The van der Waals surface area contributed by atoms with Gasteiger partial charge in [-0.2, -0.15) is 26.3 Å². The zero-order valence-corrected chi connectivity index (χ0v) is 11.1. The highest BCUT2D eigenvalue weighted by Gasteiger charge is 2.06. The molecule has 0 saturated carbocycles. The first kappa shape index (κ1) is 12.6. The zero-order valence-electron chi connectivity index (χ0n) is 10.3. The number of thiophene rings is 1. The van der Waals surface area contributed by atoms with Crippen molar-refractivity contribution in [1.29, 1.82) is 0 Å². The molecule has 0 radical (unpaired) electrons. The number of hydrogen-bond acceptors (Lipinski definition) is 7. The first-order valence-corrected chi connectivity index (χ1v) is 6.62. The number of anilines is 3. The van der Waals surface area contributed by atoms with Crippen molar-refractivity contribution in [3.63, 3.8) is 0 Å². The van der Waals surface area contributed by atoms with Crippen LogP contribution in [0.5, 0.6) is 6.01 Å². The number of nitrogens with one attached hydrogen (secondary N) is 2. The van der Waals surface area contributed by atoms with E-state index in [1.54, 1.807) is 18.4 Å². The van der Waals surface area contributed by atoms with Gasteiger partial charge in [0.25, 0.3) is 0 Å². The molecule has 0 unspecified atom stereocenters. The Labute approximate surface area is 109 Å². The van der Waals surface area contributed by atoms with Gasteiger partial charge in [-0.1, -0.05) is 6.92 Å². The summed E-state index contributed by atoms with van der Waals surface area (Å²) in [5.41, 5.74) is 0.953. The molecule has 2 N–H and O–H groups in total. The van der Waals surface area contributed by atoms with Crippen molar-refractivity contribution < 1.29 is 4.74 Å². The maximum Gasteiger partial charge on any atom is 0.323 e. The van der Waals surface area contributed by atoms with Gasteiger partial charge in [0.1, 0.15) is 0 Å². The van der Waals surface area contributed by atoms with Crippen molar-refractivity contribution in [2.75, 3.05) is 24.3 Å². The SMILES string of the molecule is CCCOc1nc(NC)nc(Nc2ccsc2)n1. The molecule has 0 aromatic carbocycles. The molecule has 0 fully saturated rings. The molecule has 18 heavy (non-hydrogen) atoms. The molecular formula is C11H15N5OS. The normalized spacial score (nSPS) is 10.1. The van der Waals surface area contributed by atoms with Crippen LogP contribution in [0.1, 0.15) is 13.3 Å². The maximum atomic E-state index is 5.42. The van der Waals surface area contributed by atoms with E-state index >= 15 is 0 Å². The average molecular weight is 265 g/mol. The number of rotatable bonds is 6. The van der Waals surface area contributed by atoms with E-state index in [-0.39, 0.29) is 0 Å². The molecule has 96 valence electrons. The van der Waals surface area contributed by atoms with E-state index in [9.17, 15) is 0 Å². The van der Waals surface area contributed by atoms with Crippen molar-refractivity contribution in [1.82, 2.24) is 15.0 Å². The topological polar surface area (TPSA) is 72.0 Å². The number of hydrogen-bond donors (Lipinski definition) is 2. The van der Waals surface area contributed by atoms with Gasteiger partial charge in [0.05, 0.1) is 12.3 Å². The summed E-state index contributed by atoms with van der Waals surface area (Å²) < 4.78 is 5.42. The van der Waals surface area contributed by atoms with Gasteiger partial charge in [0, 0.05) is 12.4 Å². The largest absolute Gasteiger partial charge is 0.463 e. The summed E-state index contributed by atoms with van der Waals surface area (Å²) in [6.07, 6.45) is 0.911. The monoisotopic (exact) mass is 265 g/mol. The van der Waals surface area contributed by atoms with Gasteiger partial charge in [-0.05, 0) is 17.9 Å². The minimum atomic E-state index is 0.328. The highest BCUT2D eigenvalue weighted by molar-refractivity contribution is 7.08. The Balaban J connectivity index is 2.17. The molecule has 0 aliphatic heterocycles. The van der Waals surface area contributed by atoms with Crippen LogP contribution < -0.4 is 15.4 Å². The van der Waals surface area contributed by atoms with Crippen molar-refractivity contribution >= 4 is 28.9 Å². The number of aromatic nitrogens is 3. The van der Waals surface area contributed by atoms with Gasteiger partial charge < -0.3 is 15.4 Å². The van der Waals surface area contributed by atoms with Crippen molar-refractivity contribution in [2.24, 2.45) is 0 Å². The quantitative estimate of drug-likeness (QED) is 0.836. The van der Waals surface area contributed by atoms with E-state index in [4.69, 9.17) is 4.74 Å². The van der Waals surface area contributed by atoms with Gasteiger partial charge in [0.15, 0.2) is 0 Å². The Kier molecular flexibility index (Phi) is 4.30. The third-order valence-corrected chi connectivity index (χ3v) is 2.73. The number of nitrogens with zero attached hydrogens (tertiary/aromatic N) is 3. The van der Waals surface area contributed by atoms with Crippen LogP contribution in [0.2, 0.25) is 0 Å². The molecule has 0 atom stereocenters. The van der Waals surface area contributed by atoms with Crippen LogP contribution in [0, 0.1) is 0 Å². The van der Waals surface area contributed by atoms with Crippen molar-refractivity contribution in [2.45, 2.75) is 13.3 Å². The van der Waals surface area contributed by atoms with Gasteiger partial charge in [-0.15, -0.1) is 0 Å². The molecule has 2 aromatic heterocycles. The van der Waals surface area contributed by atoms with E-state index in [0.717, 1.165) is 12.1 Å². The second-order valence-electron chi connectivity index (χ2n) is 3.50. The lowest BCUT2D eigenvalue weighted by molar-refractivity contribution is 0.292. The first-order chi connectivity index (χ1) is 8.81. The lowest BCUT2D eigenvalue weighted by atomic mass is 10.5. The maximum absolute atomic E-state index is 5.42. The van der Waals surface area contributed by atoms with Crippen LogP contribution in [-0.2, 0) is 0 Å². The average Bonchev–Trinajstić information content (AvgIpc) is 2.89. The Morgan fingerprint density at radius 2 is 2.11 bits per heavy atom. The fourth-order valence-electron chi connectivity index (χ4n) is 1.25. The standard InChI is InChI=1S/C11H15N5OS/c1-3-5-17-11-15-9(12-2)14-10(16-11)13-8-4-6-18-7-8/h4,6-7H,3,5H2,1-2H3,(H2,12,13,14,15,16). The molecule has 0 saturated heterocycles. The minimum Gasteiger partial charge on any atom is -0.463 e. The van der Waals surface area contributed by atoms with Crippen LogP contribution in [0.15, 0.2) is 16.8 Å². The lowest BCUT2D eigenvalue weighted by Crippen LogP contribution is -2.07. The van der Waals surface area contributed by atoms with Crippen LogP contribution in [-0.4, -0.2) is 28.6 Å². The molecule has 0 bridgehead atoms. The van der Waals surface area contributed by atoms with Crippen LogP contribution in [0.4, 0.5) is 17.6 Å². The van der Waals surface area contributed by atoms with Gasteiger partial charge in [0.2, 0.25) is 11.9 Å². The molecule has 0 amide bonds. The summed E-state index contributed by atoms with van der Waals surface area (Å²) in [4.78, 5) is 12.5. The Hall–Kier alpha value is -1.89. The molecule has 0 spiro atoms. The molecule has 2 rings (SSSR count). The third-order valence-electron chi connectivity index (χ3n) is 2.05. The van der Waals surface area contributed by atoms with Crippen LogP contribution >= 0.6 is 11.3 Å². The Bertz CT molecular complexity index is 488. The fraction of sp³-hybridized carbons (Fsp3) is 0.364. The molecule has 0 aliphatic rings. The summed E-state index contributed by atoms with van der Waals surface area (Å²) >= 11 is 1.61. The van der Waals surface area contributed by atoms with Crippen molar-refractivity contribution in [3.8, 4) is 6.01 Å². The molecular weight excluding hydrogens is 250 g/mol. The lowest BCUT2D eigenvalue weighted by Gasteiger charge is -2.07. The minimum absolute atomic E-state index is 0.328. The van der Waals surface area contributed by atoms with E-state index in [0.29, 0.717) is 24.5 Å². The second kappa shape index (κ2) is 6.15. The highest BCUT2D eigenvalue weighted by Crippen LogP contribution is 2.18. The van der Waals surface area contributed by atoms with Crippen LogP contribution in [0.3, 0.4) is 0 Å². The second-order valence-corrected chi connectivity index (χ2v) is 4.28. The Morgan fingerprint density at radius 1 is 1.28 bits per heavy atom. The summed E-state index contributed by atoms with van der Waals surface area (Å²) in [6, 6.07) is 2.29. The van der Waals surface area contributed by atoms with E-state index < -0.39 is 0 Å². The van der Waals surface area contributed by atoms with Gasteiger partial charge in [-0.3, -0.25) is 0 Å². The van der Waals surface area contributed by atoms with E-state index in [1.165, 1.54) is 0 Å². The van der Waals surface area contributed by atoms with Crippen LogP contribution in [0.25, 0.3) is 0 Å². The van der Waals surface area contributed by atoms with Crippen molar-refractivity contribution in [3.05, 3.63) is 16.8 Å². The van der Waals surface area contributed by atoms with Gasteiger partial charge >= 0.3 is 6.01 Å². The molecule has 7 heteroatoms. The fourth-order valence-corrected chi connectivity index (χ4v) is 1.83. The van der Waals surface area contributed by atoms with E-state index in [2.05, 4.69) is 25.6 Å². The zero-order chi connectivity index (χ0) is 12.8. The molecule has 6 nitrogen and oxygen atoms in total. The summed E-state index contributed by atoms with van der Waals surface area (Å²) in [5.74, 6) is 0.952. The predicted molar refractivity (Wildman–Crippen MR) is 72.8 cm³/mol. The molecule has 2 aromatic rings. The summed E-state index contributed by atoms with van der Waals surface area (Å²) in [5, 5.41) is 9.95. The predicted octanol–water partition coefficient (Wildman–Crippen LogP) is 2.51. The third kappa shape index (κ3) is 3.30. The first-order valence-electron chi connectivity index (χ1n) is 5.67. The highest BCUT2D eigenvalue weighted by atomic mass is 32.1. The van der Waals surface area contributed by atoms with Gasteiger partial charge in [-0.25, -0.2) is 0 Å². The number of ether oxygens (including phenoxy) is 1. The molecule has 0 aliphatic carbocycles. The smallest absolute Gasteiger partial charge is 0.323 e. The summed E-state index contributed by atoms with van der Waals surface area (Å²) in [6.45, 7) is 2.62. The Morgan fingerprint density at radius 3 is 2.78 bits per heavy atom. The van der Waals surface area contributed by atoms with E-state index in [1.807, 2.05) is 23.8 Å². The summed E-state index contributed by atoms with van der Waals surface area (Å²) in [7, 11) is 1.76. The molecule has 2 heterocycles.